The lowest BCUT2D eigenvalue weighted by Crippen LogP contribution is -2.15. The van der Waals surface area contributed by atoms with Gasteiger partial charge in [0.1, 0.15) is 5.52 Å². The third kappa shape index (κ3) is 2.03. The number of nitrogens with two attached hydrogens (primary N) is 1. The number of nitrogens with zero attached hydrogens (tertiary/aromatic N) is 1. The Balaban J connectivity index is 1.73. The van der Waals surface area contributed by atoms with Crippen molar-refractivity contribution < 1.29 is 4.42 Å². The van der Waals surface area contributed by atoms with Crippen molar-refractivity contribution in [2.24, 2.45) is 5.41 Å². The van der Waals surface area contributed by atoms with E-state index in [1.807, 2.05) is 18.2 Å². The highest BCUT2D eigenvalue weighted by molar-refractivity contribution is 5.86. The smallest absolute Gasteiger partial charge is 0.295 e. The maximum absolute atomic E-state index is 5.86. The Hall–Kier alpha value is -1.71. The summed E-state index contributed by atoms with van der Waals surface area (Å²) in [5.74, 6) is 0. The molecule has 4 heteroatoms. The third-order valence-corrected chi connectivity index (χ3v) is 3.80. The number of para-hydroxylation sites is 1. The van der Waals surface area contributed by atoms with Gasteiger partial charge in [0.15, 0.2) is 5.58 Å². The summed E-state index contributed by atoms with van der Waals surface area (Å²) >= 11 is 0. The van der Waals surface area contributed by atoms with E-state index in [4.69, 9.17) is 10.2 Å². The second-order valence-corrected chi connectivity index (χ2v) is 5.32. The minimum absolute atomic E-state index is 0.487. The van der Waals surface area contributed by atoms with E-state index in [2.05, 4.69) is 17.2 Å². The topological polar surface area (TPSA) is 64.1 Å². The number of nitrogens with one attached hydrogen (secondary N) is 1. The van der Waals surface area contributed by atoms with Crippen LogP contribution in [0.2, 0.25) is 0 Å². The number of hydrogen-bond donors (Lipinski definition) is 2. The van der Waals surface area contributed by atoms with Crippen molar-refractivity contribution in [2.45, 2.75) is 32.6 Å². The zero-order chi connectivity index (χ0) is 12.6. The number of oxazole rings is 1. The minimum Gasteiger partial charge on any atom is -0.423 e. The Morgan fingerprint density at radius 2 is 2.28 bits per heavy atom. The van der Waals surface area contributed by atoms with Crippen LogP contribution in [0.5, 0.6) is 0 Å². The van der Waals surface area contributed by atoms with Crippen molar-refractivity contribution in [1.82, 2.24) is 4.98 Å². The summed E-state index contributed by atoms with van der Waals surface area (Å²) in [6.45, 7) is 3.19. The van der Waals surface area contributed by atoms with Gasteiger partial charge in [-0.25, -0.2) is 0 Å². The second-order valence-electron chi connectivity index (χ2n) is 5.32. The Kier molecular flexibility index (Phi) is 2.65. The van der Waals surface area contributed by atoms with Crippen molar-refractivity contribution in [1.29, 1.82) is 0 Å². The van der Waals surface area contributed by atoms with Gasteiger partial charge in [0.05, 0.1) is 5.69 Å². The third-order valence-electron chi connectivity index (χ3n) is 3.80. The summed E-state index contributed by atoms with van der Waals surface area (Å²) in [5, 5.41) is 3.32. The van der Waals surface area contributed by atoms with Crippen LogP contribution in [0.15, 0.2) is 22.6 Å². The van der Waals surface area contributed by atoms with Crippen molar-refractivity contribution in [3.05, 3.63) is 18.2 Å². The monoisotopic (exact) mass is 245 g/mol. The van der Waals surface area contributed by atoms with E-state index in [1.54, 1.807) is 0 Å². The van der Waals surface area contributed by atoms with Gasteiger partial charge in [-0.15, -0.1) is 0 Å². The molecule has 1 aromatic heterocycles. The Morgan fingerprint density at radius 3 is 2.94 bits per heavy atom. The summed E-state index contributed by atoms with van der Waals surface area (Å²) < 4.78 is 5.65. The lowest BCUT2D eigenvalue weighted by Gasteiger charge is -2.13. The van der Waals surface area contributed by atoms with Crippen molar-refractivity contribution in [3.63, 3.8) is 0 Å². The fraction of sp³-hybridized carbons (Fsp3) is 0.500. The molecule has 1 saturated carbocycles. The number of hydrogen-bond acceptors (Lipinski definition) is 4. The number of nitrogen functional groups attached to an aromatic ring is 1. The first-order valence-electron chi connectivity index (χ1n) is 6.61. The van der Waals surface area contributed by atoms with Gasteiger partial charge in [-0.2, -0.15) is 4.98 Å². The zero-order valence-electron chi connectivity index (χ0n) is 10.7. The quantitative estimate of drug-likeness (QED) is 0.792. The summed E-state index contributed by atoms with van der Waals surface area (Å²) in [6, 6.07) is 6.20. The molecule has 0 saturated heterocycles. The van der Waals surface area contributed by atoms with Gasteiger partial charge in [0.2, 0.25) is 0 Å². The number of benzene rings is 1. The molecular formula is C14H19N3O. The van der Waals surface area contributed by atoms with Crippen LogP contribution in [0.4, 0.5) is 11.7 Å². The molecule has 1 fully saturated rings. The SMILES string of the molecule is CCCC1(CNc2nc3c(N)cccc3o2)CC1. The number of rotatable bonds is 5. The highest BCUT2D eigenvalue weighted by atomic mass is 16.4. The normalized spacial score (nSPS) is 16.9. The maximum atomic E-state index is 5.86. The highest BCUT2D eigenvalue weighted by Crippen LogP contribution is 2.49. The molecule has 0 unspecified atom stereocenters. The molecule has 2 aromatic rings. The molecule has 3 N–H and O–H groups in total. The average molecular weight is 245 g/mol. The molecule has 0 radical (unpaired) electrons. The van der Waals surface area contributed by atoms with Gasteiger partial charge in [0.25, 0.3) is 6.01 Å². The van der Waals surface area contributed by atoms with Crippen LogP contribution in [0.1, 0.15) is 32.6 Å². The fourth-order valence-corrected chi connectivity index (χ4v) is 2.53. The lowest BCUT2D eigenvalue weighted by atomic mass is 10.0. The van der Waals surface area contributed by atoms with Gasteiger partial charge in [-0.3, -0.25) is 0 Å². The molecule has 0 amide bonds. The van der Waals surface area contributed by atoms with Crippen LogP contribution in [0, 0.1) is 5.41 Å². The number of anilines is 2. The molecule has 0 aliphatic heterocycles. The van der Waals surface area contributed by atoms with Crippen LogP contribution in [0.3, 0.4) is 0 Å². The standard InChI is InChI=1S/C14H19N3O/c1-2-6-14(7-8-14)9-16-13-17-12-10(15)4-3-5-11(12)18-13/h3-5H,2,6-9,15H2,1H3,(H,16,17). The zero-order valence-corrected chi connectivity index (χ0v) is 10.7. The van der Waals surface area contributed by atoms with E-state index >= 15 is 0 Å². The lowest BCUT2D eigenvalue weighted by molar-refractivity contribution is 0.476. The van der Waals surface area contributed by atoms with Gasteiger partial charge < -0.3 is 15.5 Å². The summed E-state index contributed by atoms with van der Waals surface area (Å²) in [6.07, 6.45) is 5.15. The predicted octanol–water partition coefficient (Wildman–Crippen LogP) is 3.40. The molecule has 0 bridgehead atoms. The second kappa shape index (κ2) is 4.19. The fourth-order valence-electron chi connectivity index (χ4n) is 2.53. The van der Waals surface area contributed by atoms with E-state index < -0.39 is 0 Å². The molecular weight excluding hydrogens is 226 g/mol. The Labute approximate surface area is 107 Å². The molecule has 1 aromatic carbocycles. The summed E-state index contributed by atoms with van der Waals surface area (Å²) in [7, 11) is 0. The molecule has 1 aliphatic rings. The average Bonchev–Trinajstić information content (AvgIpc) is 2.98. The number of aromatic nitrogens is 1. The molecule has 4 nitrogen and oxygen atoms in total. The van der Waals surface area contributed by atoms with Crippen LogP contribution < -0.4 is 11.1 Å². The van der Waals surface area contributed by atoms with Gasteiger partial charge in [0, 0.05) is 6.54 Å². The van der Waals surface area contributed by atoms with Gasteiger partial charge in [-0.05, 0) is 36.8 Å². The Bertz CT molecular complexity index is 557. The van der Waals surface area contributed by atoms with Gasteiger partial charge >= 0.3 is 0 Å². The van der Waals surface area contributed by atoms with E-state index in [9.17, 15) is 0 Å². The molecule has 0 atom stereocenters. The van der Waals surface area contributed by atoms with E-state index in [0.29, 0.717) is 17.1 Å². The largest absolute Gasteiger partial charge is 0.423 e. The first kappa shape index (κ1) is 11.4. The van der Waals surface area contributed by atoms with E-state index in [0.717, 1.165) is 17.6 Å². The van der Waals surface area contributed by atoms with Crippen molar-refractivity contribution in [2.75, 3.05) is 17.6 Å². The minimum atomic E-state index is 0.487. The predicted molar refractivity (Wildman–Crippen MR) is 73.5 cm³/mol. The van der Waals surface area contributed by atoms with Crippen LogP contribution >= 0.6 is 0 Å². The molecule has 0 spiro atoms. The van der Waals surface area contributed by atoms with E-state index in [-0.39, 0.29) is 0 Å². The first-order valence-corrected chi connectivity index (χ1v) is 6.61. The highest BCUT2D eigenvalue weighted by Gasteiger charge is 2.41. The molecule has 1 aliphatic carbocycles. The Morgan fingerprint density at radius 1 is 1.44 bits per heavy atom. The maximum Gasteiger partial charge on any atom is 0.295 e. The van der Waals surface area contributed by atoms with Crippen LogP contribution in [-0.4, -0.2) is 11.5 Å². The molecule has 1 heterocycles. The van der Waals surface area contributed by atoms with Crippen LogP contribution in [0.25, 0.3) is 11.1 Å². The van der Waals surface area contributed by atoms with Crippen molar-refractivity contribution in [3.8, 4) is 0 Å². The molecule has 3 rings (SSSR count). The summed E-state index contributed by atoms with van der Waals surface area (Å²) in [5.41, 5.74) is 8.51. The van der Waals surface area contributed by atoms with E-state index in [1.165, 1.54) is 25.7 Å². The van der Waals surface area contributed by atoms with Crippen molar-refractivity contribution >= 4 is 22.8 Å². The molecule has 18 heavy (non-hydrogen) atoms. The van der Waals surface area contributed by atoms with Crippen LogP contribution in [-0.2, 0) is 0 Å². The summed E-state index contributed by atoms with van der Waals surface area (Å²) in [4.78, 5) is 4.40. The number of fused-ring (bicyclic) bond motifs is 1. The van der Waals surface area contributed by atoms with Gasteiger partial charge in [-0.1, -0.05) is 19.4 Å². The first-order chi connectivity index (χ1) is 8.72. The molecule has 96 valence electrons.